The summed E-state index contributed by atoms with van der Waals surface area (Å²) < 4.78 is 0. The number of aryl methyl sites for hydroxylation is 1. The predicted molar refractivity (Wildman–Crippen MR) is 88.3 cm³/mol. The largest absolute Gasteiger partial charge is 0.300 e. The summed E-state index contributed by atoms with van der Waals surface area (Å²) >= 11 is 0. The fraction of sp³-hybridized carbons (Fsp3) is 0.333. The highest BCUT2D eigenvalue weighted by atomic mass is 16.6. The number of nitrogens with zero attached hydrogens (tertiary/aromatic N) is 1. The summed E-state index contributed by atoms with van der Waals surface area (Å²) in [7, 11) is 0. The smallest absolute Gasteiger partial charge is 0.232 e. The zero-order valence-corrected chi connectivity index (χ0v) is 13.0. The van der Waals surface area contributed by atoms with Crippen molar-refractivity contribution in [3.63, 3.8) is 0 Å². The minimum absolute atomic E-state index is 0.178. The second kappa shape index (κ2) is 7.71. The maximum Gasteiger partial charge on any atom is 0.232 e. The Bertz CT molecular complexity index is 596. The maximum absolute atomic E-state index is 11.4. The highest BCUT2D eigenvalue weighted by molar-refractivity contribution is 5.25. The molecule has 0 spiro atoms. The molecule has 0 unspecified atom stereocenters. The van der Waals surface area contributed by atoms with Gasteiger partial charge in [-0.2, -0.15) is 0 Å². The van der Waals surface area contributed by atoms with Gasteiger partial charge >= 0.3 is 0 Å². The maximum atomic E-state index is 11.4. The minimum atomic E-state index is -0.633. The standard InChI is InChI=1S/C18H22N2O2/c1-3-17(20(21)22)18(16-11-9-14(2)10-12-16)19-13-15-7-5-4-6-8-15/h4-12,17-19H,3,13H2,1-2H3/t17-,18+/m0/s1. The van der Waals surface area contributed by atoms with E-state index in [0.29, 0.717) is 13.0 Å². The lowest BCUT2D eigenvalue weighted by Crippen LogP contribution is -2.36. The van der Waals surface area contributed by atoms with E-state index in [9.17, 15) is 10.1 Å². The highest BCUT2D eigenvalue weighted by Crippen LogP contribution is 2.22. The van der Waals surface area contributed by atoms with Gasteiger partial charge in [0.2, 0.25) is 6.04 Å². The number of hydrogen-bond donors (Lipinski definition) is 1. The molecule has 0 aliphatic rings. The van der Waals surface area contributed by atoms with Gasteiger partial charge in [-0.3, -0.25) is 10.1 Å². The van der Waals surface area contributed by atoms with Gasteiger partial charge in [0.1, 0.15) is 6.04 Å². The van der Waals surface area contributed by atoms with Crippen LogP contribution < -0.4 is 5.32 Å². The Kier molecular flexibility index (Phi) is 5.67. The molecule has 1 N–H and O–H groups in total. The molecule has 0 amide bonds. The Hall–Kier alpha value is -2.20. The van der Waals surface area contributed by atoms with Crippen molar-refractivity contribution >= 4 is 0 Å². The number of nitro groups is 1. The van der Waals surface area contributed by atoms with Crippen molar-refractivity contribution in [2.45, 2.75) is 38.9 Å². The van der Waals surface area contributed by atoms with Gasteiger partial charge in [0, 0.05) is 17.9 Å². The summed E-state index contributed by atoms with van der Waals surface area (Å²) in [6.45, 7) is 4.49. The Balaban J connectivity index is 2.21. The van der Waals surface area contributed by atoms with Gasteiger partial charge in [-0.05, 0) is 18.1 Å². The summed E-state index contributed by atoms with van der Waals surface area (Å²) in [5.74, 6) is 0. The molecule has 0 aliphatic carbocycles. The first kappa shape index (κ1) is 16.2. The van der Waals surface area contributed by atoms with E-state index in [2.05, 4.69) is 5.32 Å². The van der Waals surface area contributed by atoms with Crippen LogP contribution in [0.3, 0.4) is 0 Å². The van der Waals surface area contributed by atoms with E-state index in [1.54, 1.807) is 0 Å². The van der Waals surface area contributed by atoms with Crippen molar-refractivity contribution in [1.82, 2.24) is 5.32 Å². The molecule has 0 heterocycles. The summed E-state index contributed by atoms with van der Waals surface area (Å²) in [6.07, 6.45) is 0.493. The molecule has 0 saturated carbocycles. The number of rotatable bonds is 7. The SMILES string of the molecule is CC[C@@H]([C@H](NCc1ccccc1)c1ccc(C)cc1)[N+](=O)[O-]. The van der Waals surface area contributed by atoms with Crippen molar-refractivity contribution in [3.05, 3.63) is 81.4 Å². The van der Waals surface area contributed by atoms with E-state index in [0.717, 1.165) is 16.7 Å². The van der Waals surface area contributed by atoms with Crippen LogP contribution in [0.1, 0.15) is 36.1 Å². The van der Waals surface area contributed by atoms with E-state index in [1.165, 1.54) is 0 Å². The lowest BCUT2D eigenvalue weighted by atomic mass is 9.96. The van der Waals surface area contributed by atoms with Gasteiger partial charge in [0.15, 0.2) is 0 Å². The topological polar surface area (TPSA) is 55.2 Å². The van der Waals surface area contributed by atoms with Crippen LogP contribution in [0.5, 0.6) is 0 Å². The second-order valence-electron chi connectivity index (χ2n) is 5.52. The molecule has 0 aliphatic heterocycles. The molecule has 0 aromatic heterocycles. The van der Waals surface area contributed by atoms with Gasteiger partial charge in [-0.1, -0.05) is 67.1 Å². The molecular formula is C18H22N2O2. The summed E-state index contributed by atoms with van der Waals surface area (Å²) in [5, 5.41) is 14.8. The molecular weight excluding hydrogens is 276 g/mol. The Morgan fingerprint density at radius 2 is 1.73 bits per heavy atom. The van der Waals surface area contributed by atoms with E-state index < -0.39 is 6.04 Å². The van der Waals surface area contributed by atoms with E-state index in [4.69, 9.17) is 0 Å². The first-order valence-electron chi connectivity index (χ1n) is 7.59. The molecule has 0 radical (unpaired) electrons. The van der Waals surface area contributed by atoms with Crippen LogP contribution in [-0.2, 0) is 6.54 Å². The van der Waals surface area contributed by atoms with Gasteiger partial charge in [0.05, 0.1) is 0 Å². The third kappa shape index (κ3) is 4.15. The summed E-state index contributed by atoms with van der Waals surface area (Å²) in [4.78, 5) is 11.2. The first-order chi connectivity index (χ1) is 10.6. The van der Waals surface area contributed by atoms with Gasteiger partial charge in [0.25, 0.3) is 0 Å². The third-order valence-electron chi connectivity index (χ3n) is 3.88. The zero-order chi connectivity index (χ0) is 15.9. The molecule has 22 heavy (non-hydrogen) atoms. The van der Waals surface area contributed by atoms with E-state index >= 15 is 0 Å². The van der Waals surface area contributed by atoms with Crippen LogP contribution in [0.15, 0.2) is 54.6 Å². The van der Waals surface area contributed by atoms with E-state index in [1.807, 2.05) is 68.4 Å². The third-order valence-corrected chi connectivity index (χ3v) is 3.88. The average molecular weight is 298 g/mol. The molecule has 2 rings (SSSR count). The van der Waals surface area contributed by atoms with Crippen molar-refractivity contribution in [3.8, 4) is 0 Å². The molecule has 4 nitrogen and oxygen atoms in total. The van der Waals surface area contributed by atoms with E-state index in [-0.39, 0.29) is 11.0 Å². The lowest BCUT2D eigenvalue weighted by molar-refractivity contribution is -0.528. The quantitative estimate of drug-likeness (QED) is 0.623. The summed E-state index contributed by atoms with van der Waals surface area (Å²) in [5.41, 5.74) is 3.24. The molecule has 116 valence electrons. The van der Waals surface area contributed by atoms with Crippen LogP contribution in [0.4, 0.5) is 0 Å². The van der Waals surface area contributed by atoms with Gasteiger partial charge in [-0.25, -0.2) is 0 Å². The van der Waals surface area contributed by atoms with Gasteiger partial charge in [-0.15, -0.1) is 0 Å². The fourth-order valence-corrected chi connectivity index (χ4v) is 2.58. The Morgan fingerprint density at radius 3 is 2.27 bits per heavy atom. The van der Waals surface area contributed by atoms with Crippen molar-refractivity contribution < 1.29 is 4.92 Å². The minimum Gasteiger partial charge on any atom is -0.300 e. The van der Waals surface area contributed by atoms with Crippen molar-refractivity contribution in [2.24, 2.45) is 0 Å². The monoisotopic (exact) mass is 298 g/mol. The molecule has 2 aromatic rings. The molecule has 0 fully saturated rings. The molecule has 4 heteroatoms. The lowest BCUT2D eigenvalue weighted by Gasteiger charge is -2.22. The highest BCUT2D eigenvalue weighted by Gasteiger charge is 2.30. The molecule has 0 saturated heterocycles. The van der Waals surface area contributed by atoms with Crippen LogP contribution in [0.25, 0.3) is 0 Å². The van der Waals surface area contributed by atoms with Crippen LogP contribution >= 0.6 is 0 Å². The van der Waals surface area contributed by atoms with Crippen LogP contribution in [0, 0.1) is 17.0 Å². The first-order valence-corrected chi connectivity index (χ1v) is 7.59. The predicted octanol–water partition coefficient (Wildman–Crippen LogP) is 3.88. The second-order valence-corrected chi connectivity index (χ2v) is 5.52. The van der Waals surface area contributed by atoms with Crippen molar-refractivity contribution in [1.29, 1.82) is 0 Å². The number of benzene rings is 2. The van der Waals surface area contributed by atoms with Crippen LogP contribution in [-0.4, -0.2) is 11.0 Å². The number of nitrogens with one attached hydrogen (secondary N) is 1. The Labute approximate surface area is 131 Å². The van der Waals surface area contributed by atoms with Crippen molar-refractivity contribution in [2.75, 3.05) is 0 Å². The molecule has 2 aromatic carbocycles. The zero-order valence-electron chi connectivity index (χ0n) is 13.0. The average Bonchev–Trinajstić information content (AvgIpc) is 2.53. The number of hydrogen-bond acceptors (Lipinski definition) is 3. The van der Waals surface area contributed by atoms with Gasteiger partial charge < -0.3 is 5.32 Å². The normalized spacial score (nSPS) is 13.5. The molecule has 0 bridgehead atoms. The molecule has 2 atom stereocenters. The Morgan fingerprint density at radius 1 is 1.09 bits per heavy atom. The van der Waals surface area contributed by atoms with Crippen LogP contribution in [0.2, 0.25) is 0 Å². The fourth-order valence-electron chi connectivity index (χ4n) is 2.58. The summed E-state index contributed by atoms with van der Waals surface area (Å²) in [6, 6.07) is 17.0.